The summed E-state index contributed by atoms with van der Waals surface area (Å²) in [7, 11) is 0. The summed E-state index contributed by atoms with van der Waals surface area (Å²) in [5, 5.41) is 5.29. The summed E-state index contributed by atoms with van der Waals surface area (Å²) in [6.07, 6.45) is 3.45. The van der Waals surface area contributed by atoms with Crippen molar-refractivity contribution in [2.75, 3.05) is 18.4 Å². The Kier molecular flexibility index (Phi) is 3.92. The van der Waals surface area contributed by atoms with Gasteiger partial charge in [0.05, 0.1) is 0 Å². The highest BCUT2D eigenvalue weighted by atomic mass is 79.9. The first-order valence-corrected chi connectivity index (χ1v) is 7.77. The summed E-state index contributed by atoms with van der Waals surface area (Å²) >= 11 is 3.47. The molecule has 1 N–H and O–H groups in total. The van der Waals surface area contributed by atoms with Crippen LogP contribution in [0.15, 0.2) is 40.9 Å². The van der Waals surface area contributed by atoms with Crippen molar-refractivity contribution in [3.8, 4) is 0 Å². The quantitative estimate of drug-likeness (QED) is 0.811. The number of carbonyl (C=O) groups is 1. The van der Waals surface area contributed by atoms with Crippen molar-refractivity contribution in [1.29, 1.82) is 0 Å². The normalized spacial score (nSPS) is 15.3. The first-order valence-electron chi connectivity index (χ1n) is 6.98. The van der Waals surface area contributed by atoms with E-state index in [9.17, 15) is 4.79 Å². The maximum atomic E-state index is 12.2. The molecule has 0 radical (unpaired) electrons. The number of benzene rings is 2. The first-order chi connectivity index (χ1) is 9.72. The number of rotatable bonds is 1. The minimum atomic E-state index is 0.0150. The van der Waals surface area contributed by atoms with Crippen LogP contribution in [0.5, 0.6) is 0 Å². The molecule has 3 rings (SSSR count). The van der Waals surface area contributed by atoms with E-state index in [1.54, 1.807) is 0 Å². The highest BCUT2D eigenvalue weighted by Crippen LogP contribution is 2.23. The smallest absolute Gasteiger partial charge is 0.321 e. The number of urea groups is 1. The molecule has 0 aromatic heterocycles. The zero-order chi connectivity index (χ0) is 13.9. The second kappa shape index (κ2) is 5.83. The van der Waals surface area contributed by atoms with Gasteiger partial charge in [-0.25, -0.2) is 4.79 Å². The molecule has 104 valence electrons. The van der Waals surface area contributed by atoms with Gasteiger partial charge in [0.15, 0.2) is 0 Å². The molecule has 0 bridgehead atoms. The molecule has 1 aliphatic rings. The minimum absolute atomic E-state index is 0.0150. The van der Waals surface area contributed by atoms with E-state index in [1.807, 2.05) is 29.2 Å². The molecule has 2 aromatic rings. The van der Waals surface area contributed by atoms with Crippen LogP contribution in [-0.4, -0.2) is 24.0 Å². The van der Waals surface area contributed by atoms with Gasteiger partial charge in [-0.05, 0) is 54.3 Å². The number of carbonyl (C=O) groups excluding carboxylic acids is 1. The number of anilines is 1. The molecule has 0 unspecified atom stereocenters. The van der Waals surface area contributed by atoms with Crippen LogP contribution in [0.2, 0.25) is 0 Å². The molecule has 0 aliphatic carbocycles. The Balaban J connectivity index is 1.76. The van der Waals surface area contributed by atoms with Gasteiger partial charge in [0.2, 0.25) is 0 Å². The molecule has 4 heteroatoms. The molecule has 3 nitrogen and oxygen atoms in total. The summed E-state index contributed by atoms with van der Waals surface area (Å²) in [6, 6.07) is 12.2. The second-order valence-electron chi connectivity index (χ2n) is 5.18. The number of amides is 2. The van der Waals surface area contributed by atoms with Crippen LogP contribution in [0.1, 0.15) is 19.3 Å². The third-order valence-corrected chi connectivity index (χ3v) is 4.19. The Morgan fingerprint density at radius 2 is 1.70 bits per heavy atom. The summed E-state index contributed by atoms with van der Waals surface area (Å²) < 4.78 is 1.06. The topological polar surface area (TPSA) is 32.3 Å². The number of likely N-dealkylation sites (tertiary alicyclic amines) is 1. The van der Waals surface area contributed by atoms with Crippen molar-refractivity contribution in [2.24, 2.45) is 0 Å². The van der Waals surface area contributed by atoms with Crippen LogP contribution in [0.3, 0.4) is 0 Å². The van der Waals surface area contributed by atoms with Crippen molar-refractivity contribution in [3.63, 3.8) is 0 Å². The van der Waals surface area contributed by atoms with E-state index in [0.717, 1.165) is 46.9 Å². The zero-order valence-electron chi connectivity index (χ0n) is 11.2. The first kappa shape index (κ1) is 13.4. The molecule has 2 amide bonds. The van der Waals surface area contributed by atoms with Gasteiger partial charge in [0.25, 0.3) is 0 Å². The lowest BCUT2D eigenvalue weighted by Crippen LogP contribution is -2.38. The molecule has 1 heterocycles. The fourth-order valence-electron chi connectivity index (χ4n) is 2.59. The Morgan fingerprint density at radius 1 is 1.00 bits per heavy atom. The van der Waals surface area contributed by atoms with Crippen molar-refractivity contribution in [3.05, 3.63) is 40.9 Å². The van der Waals surface area contributed by atoms with E-state index in [-0.39, 0.29) is 6.03 Å². The zero-order valence-corrected chi connectivity index (χ0v) is 12.8. The Morgan fingerprint density at radius 3 is 2.50 bits per heavy atom. The fourth-order valence-corrected chi connectivity index (χ4v) is 2.97. The SMILES string of the molecule is O=C(Nc1ccc2cc(Br)ccc2c1)N1CCCCC1. The number of halogens is 1. The van der Waals surface area contributed by atoms with Crippen molar-refractivity contribution in [2.45, 2.75) is 19.3 Å². The number of nitrogens with zero attached hydrogens (tertiary/aromatic N) is 1. The highest BCUT2D eigenvalue weighted by molar-refractivity contribution is 9.10. The van der Waals surface area contributed by atoms with Crippen LogP contribution in [0.4, 0.5) is 10.5 Å². The Bertz CT molecular complexity index is 635. The molecule has 20 heavy (non-hydrogen) atoms. The summed E-state index contributed by atoms with van der Waals surface area (Å²) in [4.78, 5) is 14.1. The van der Waals surface area contributed by atoms with Crippen LogP contribution < -0.4 is 5.32 Å². The maximum absolute atomic E-state index is 12.2. The minimum Gasteiger partial charge on any atom is -0.325 e. The number of nitrogens with one attached hydrogen (secondary N) is 1. The van der Waals surface area contributed by atoms with Gasteiger partial charge in [0.1, 0.15) is 0 Å². The number of hydrogen-bond acceptors (Lipinski definition) is 1. The van der Waals surface area contributed by atoms with E-state index in [1.165, 1.54) is 6.42 Å². The fraction of sp³-hybridized carbons (Fsp3) is 0.312. The van der Waals surface area contributed by atoms with Gasteiger partial charge < -0.3 is 10.2 Å². The van der Waals surface area contributed by atoms with E-state index < -0.39 is 0 Å². The lowest BCUT2D eigenvalue weighted by molar-refractivity contribution is 0.200. The summed E-state index contributed by atoms with van der Waals surface area (Å²) in [5.74, 6) is 0. The van der Waals surface area contributed by atoms with Gasteiger partial charge >= 0.3 is 6.03 Å². The summed E-state index contributed by atoms with van der Waals surface area (Å²) in [5.41, 5.74) is 0.857. The second-order valence-corrected chi connectivity index (χ2v) is 6.10. The molecule has 2 aromatic carbocycles. The largest absolute Gasteiger partial charge is 0.325 e. The number of fused-ring (bicyclic) bond motifs is 1. The molecular weight excluding hydrogens is 316 g/mol. The van der Waals surface area contributed by atoms with Gasteiger partial charge in [0, 0.05) is 23.2 Å². The van der Waals surface area contributed by atoms with Crippen molar-refractivity contribution >= 4 is 38.4 Å². The van der Waals surface area contributed by atoms with E-state index >= 15 is 0 Å². The average Bonchev–Trinajstić information content (AvgIpc) is 2.48. The monoisotopic (exact) mass is 332 g/mol. The maximum Gasteiger partial charge on any atom is 0.321 e. The molecule has 0 saturated carbocycles. The van der Waals surface area contributed by atoms with Gasteiger partial charge in [-0.1, -0.05) is 28.1 Å². The lowest BCUT2D eigenvalue weighted by atomic mass is 10.1. The van der Waals surface area contributed by atoms with E-state index in [2.05, 4.69) is 33.4 Å². The number of piperidine rings is 1. The third kappa shape index (κ3) is 2.96. The lowest BCUT2D eigenvalue weighted by Gasteiger charge is -2.26. The van der Waals surface area contributed by atoms with E-state index in [0.29, 0.717) is 0 Å². The van der Waals surface area contributed by atoms with Gasteiger partial charge in [-0.15, -0.1) is 0 Å². The third-order valence-electron chi connectivity index (χ3n) is 3.70. The standard InChI is InChI=1S/C16H17BrN2O/c17-14-6-4-13-11-15(7-5-12(13)10-14)18-16(20)19-8-2-1-3-9-19/h4-7,10-11H,1-3,8-9H2,(H,18,20). The molecule has 1 fully saturated rings. The Labute approximate surface area is 127 Å². The van der Waals surface area contributed by atoms with Gasteiger partial charge in [-0.3, -0.25) is 0 Å². The predicted octanol–water partition coefficient (Wildman–Crippen LogP) is 4.62. The average molecular weight is 333 g/mol. The van der Waals surface area contributed by atoms with Crippen LogP contribution in [-0.2, 0) is 0 Å². The van der Waals surface area contributed by atoms with E-state index in [4.69, 9.17) is 0 Å². The molecular formula is C16H17BrN2O. The van der Waals surface area contributed by atoms with Crippen LogP contribution in [0, 0.1) is 0 Å². The highest BCUT2D eigenvalue weighted by Gasteiger charge is 2.16. The van der Waals surface area contributed by atoms with Gasteiger partial charge in [-0.2, -0.15) is 0 Å². The van der Waals surface area contributed by atoms with Crippen LogP contribution in [0.25, 0.3) is 10.8 Å². The Hall–Kier alpha value is -1.55. The predicted molar refractivity (Wildman–Crippen MR) is 86.1 cm³/mol. The molecule has 0 spiro atoms. The molecule has 1 aliphatic heterocycles. The molecule has 0 atom stereocenters. The van der Waals surface area contributed by atoms with Crippen LogP contribution >= 0.6 is 15.9 Å². The summed E-state index contributed by atoms with van der Waals surface area (Å²) in [6.45, 7) is 1.73. The van der Waals surface area contributed by atoms with Crippen molar-refractivity contribution < 1.29 is 4.79 Å². The van der Waals surface area contributed by atoms with Crippen molar-refractivity contribution in [1.82, 2.24) is 4.90 Å². The number of hydrogen-bond donors (Lipinski definition) is 1. The molecule has 1 saturated heterocycles.